The first kappa shape index (κ1) is 16.7. The molecule has 1 rings (SSSR count). The molecule has 1 aliphatic heterocycles. The Morgan fingerprint density at radius 2 is 2.05 bits per heavy atom. The Balaban J connectivity index is 2.49. The zero-order chi connectivity index (χ0) is 15.3. The van der Waals surface area contributed by atoms with Gasteiger partial charge in [-0.3, -0.25) is 14.5 Å². The fourth-order valence-electron chi connectivity index (χ4n) is 2.34. The molecule has 1 heterocycles. The molecule has 8 heteroatoms. The molecule has 1 atom stereocenters. The van der Waals surface area contributed by atoms with Gasteiger partial charge in [0.05, 0.1) is 18.9 Å². The van der Waals surface area contributed by atoms with Crippen LogP contribution in [0.1, 0.15) is 19.3 Å². The summed E-state index contributed by atoms with van der Waals surface area (Å²) in [5.74, 6) is -1.77. The van der Waals surface area contributed by atoms with Crippen LogP contribution in [0, 0.1) is 5.92 Å². The number of amides is 1. The average molecular weight is 296 g/mol. The number of piperidine rings is 1. The Kier molecular flexibility index (Phi) is 5.79. The largest absolute Gasteiger partial charge is 0.481 e. The van der Waals surface area contributed by atoms with E-state index in [0.717, 1.165) is 0 Å². The Labute approximate surface area is 115 Å². The van der Waals surface area contributed by atoms with Gasteiger partial charge in [0.25, 0.3) is 0 Å². The molecule has 0 aromatic rings. The molecule has 1 aliphatic rings. The molecule has 0 aliphatic carbocycles. The molecule has 1 saturated heterocycles. The fraction of sp³-hybridized carbons (Fsp3) is 0.833. The van der Waals surface area contributed by atoms with E-state index in [2.05, 4.69) is 0 Å². The quantitative estimate of drug-likeness (QED) is 0.828. The van der Waals surface area contributed by atoms with Crippen molar-refractivity contribution in [2.45, 2.75) is 25.4 Å². The molecule has 0 radical (unpaired) electrons. The molecular formula is C12H19F3N2O3. The van der Waals surface area contributed by atoms with Crippen molar-refractivity contribution >= 4 is 11.9 Å². The molecule has 0 aromatic heterocycles. The molecule has 1 fully saturated rings. The Hall–Kier alpha value is -1.31. The molecule has 0 saturated carbocycles. The molecule has 1 unspecified atom stereocenters. The van der Waals surface area contributed by atoms with Crippen molar-refractivity contribution in [3.8, 4) is 0 Å². The number of alkyl halides is 3. The van der Waals surface area contributed by atoms with Crippen LogP contribution < -0.4 is 0 Å². The first-order valence-electron chi connectivity index (χ1n) is 6.45. The lowest BCUT2D eigenvalue weighted by Crippen LogP contribution is -2.46. The van der Waals surface area contributed by atoms with Crippen LogP contribution >= 0.6 is 0 Å². The van der Waals surface area contributed by atoms with Gasteiger partial charge in [-0.05, 0) is 19.4 Å². The van der Waals surface area contributed by atoms with Crippen molar-refractivity contribution in [1.29, 1.82) is 0 Å². The van der Waals surface area contributed by atoms with Gasteiger partial charge in [0.2, 0.25) is 5.91 Å². The van der Waals surface area contributed by atoms with Crippen molar-refractivity contribution in [2.24, 2.45) is 5.92 Å². The SMILES string of the molecule is CN(CCC(=O)O)C(=O)C1CCCN(CC(F)(F)F)C1. The summed E-state index contributed by atoms with van der Waals surface area (Å²) >= 11 is 0. The zero-order valence-corrected chi connectivity index (χ0v) is 11.3. The molecule has 0 spiro atoms. The lowest BCUT2D eigenvalue weighted by atomic mass is 9.96. The number of halogens is 3. The second-order valence-corrected chi connectivity index (χ2v) is 5.09. The summed E-state index contributed by atoms with van der Waals surface area (Å²) in [6.07, 6.45) is -3.34. The van der Waals surface area contributed by atoms with E-state index >= 15 is 0 Å². The lowest BCUT2D eigenvalue weighted by Gasteiger charge is -2.34. The number of hydrogen-bond acceptors (Lipinski definition) is 3. The first-order valence-corrected chi connectivity index (χ1v) is 6.45. The monoisotopic (exact) mass is 296 g/mol. The van der Waals surface area contributed by atoms with Gasteiger partial charge < -0.3 is 10.0 Å². The van der Waals surface area contributed by atoms with Gasteiger partial charge >= 0.3 is 12.1 Å². The van der Waals surface area contributed by atoms with Crippen LogP contribution in [0.25, 0.3) is 0 Å². The molecule has 0 bridgehead atoms. The molecule has 1 N–H and O–H groups in total. The van der Waals surface area contributed by atoms with E-state index in [1.54, 1.807) is 0 Å². The van der Waals surface area contributed by atoms with Crippen LogP contribution in [0.15, 0.2) is 0 Å². The number of carboxylic acid groups (broad SMARTS) is 1. The normalized spacial score (nSPS) is 20.7. The maximum absolute atomic E-state index is 12.3. The van der Waals surface area contributed by atoms with Crippen molar-refractivity contribution in [1.82, 2.24) is 9.80 Å². The summed E-state index contributed by atoms with van der Waals surface area (Å²) in [5.41, 5.74) is 0. The Bertz CT molecular complexity index is 360. The van der Waals surface area contributed by atoms with E-state index < -0.39 is 24.6 Å². The lowest BCUT2D eigenvalue weighted by molar-refractivity contribution is -0.154. The summed E-state index contributed by atoms with van der Waals surface area (Å²) in [4.78, 5) is 25.0. The maximum Gasteiger partial charge on any atom is 0.401 e. The second-order valence-electron chi connectivity index (χ2n) is 5.09. The number of carboxylic acids is 1. The molecule has 1 amide bonds. The summed E-state index contributed by atoms with van der Waals surface area (Å²) in [6, 6.07) is 0. The Morgan fingerprint density at radius 3 is 2.60 bits per heavy atom. The number of carbonyl (C=O) groups is 2. The van der Waals surface area contributed by atoms with Gasteiger partial charge in [0.1, 0.15) is 0 Å². The highest BCUT2D eigenvalue weighted by Crippen LogP contribution is 2.23. The minimum absolute atomic E-state index is 0.0734. The van der Waals surface area contributed by atoms with Gasteiger partial charge in [-0.2, -0.15) is 13.2 Å². The summed E-state index contributed by atoms with van der Waals surface area (Å²) in [5, 5.41) is 8.55. The van der Waals surface area contributed by atoms with E-state index in [1.807, 2.05) is 0 Å². The molecule has 5 nitrogen and oxygen atoms in total. The highest BCUT2D eigenvalue weighted by Gasteiger charge is 2.35. The van der Waals surface area contributed by atoms with Gasteiger partial charge in [-0.1, -0.05) is 0 Å². The number of likely N-dealkylation sites (tertiary alicyclic amines) is 1. The van der Waals surface area contributed by atoms with Crippen molar-refractivity contribution in [3.05, 3.63) is 0 Å². The van der Waals surface area contributed by atoms with E-state index in [-0.39, 0.29) is 25.4 Å². The molecule has 0 aromatic carbocycles. The highest BCUT2D eigenvalue weighted by molar-refractivity contribution is 5.79. The maximum atomic E-state index is 12.3. The number of carbonyl (C=O) groups excluding carboxylic acids is 1. The van der Waals surface area contributed by atoms with Gasteiger partial charge in [0.15, 0.2) is 0 Å². The van der Waals surface area contributed by atoms with E-state index in [4.69, 9.17) is 5.11 Å². The molecular weight excluding hydrogens is 277 g/mol. The van der Waals surface area contributed by atoms with Crippen LogP contribution in [-0.4, -0.2) is 66.2 Å². The van der Waals surface area contributed by atoms with Crippen LogP contribution in [-0.2, 0) is 9.59 Å². The fourth-order valence-corrected chi connectivity index (χ4v) is 2.34. The third-order valence-corrected chi connectivity index (χ3v) is 3.29. The van der Waals surface area contributed by atoms with E-state index in [1.165, 1.54) is 16.8 Å². The molecule has 116 valence electrons. The van der Waals surface area contributed by atoms with Gasteiger partial charge in [-0.15, -0.1) is 0 Å². The predicted octanol–water partition coefficient (Wildman–Crippen LogP) is 1.19. The van der Waals surface area contributed by atoms with Gasteiger partial charge in [-0.25, -0.2) is 0 Å². The zero-order valence-electron chi connectivity index (χ0n) is 11.3. The topological polar surface area (TPSA) is 60.9 Å². The average Bonchev–Trinajstić information content (AvgIpc) is 2.33. The van der Waals surface area contributed by atoms with Crippen molar-refractivity contribution in [2.75, 3.05) is 33.2 Å². The highest BCUT2D eigenvalue weighted by atomic mass is 19.4. The number of aliphatic carboxylic acids is 1. The third-order valence-electron chi connectivity index (χ3n) is 3.29. The van der Waals surface area contributed by atoms with E-state index in [0.29, 0.717) is 19.4 Å². The van der Waals surface area contributed by atoms with Crippen molar-refractivity contribution < 1.29 is 27.9 Å². The number of nitrogens with zero attached hydrogens (tertiary/aromatic N) is 2. The summed E-state index contributed by atoms with van der Waals surface area (Å²) in [6.45, 7) is -0.516. The standard InChI is InChI=1S/C12H19F3N2O3/c1-16(6-4-10(18)19)11(20)9-3-2-5-17(7-9)8-12(13,14)15/h9H,2-8H2,1H3,(H,18,19). The van der Waals surface area contributed by atoms with Gasteiger partial charge in [0, 0.05) is 20.1 Å². The Morgan fingerprint density at radius 1 is 1.40 bits per heavy atom. The summed E-state index contributed by atoms with van der Waals surface area (Å²) < 4.78 is 37.0. The van der Waals surface area contributed by atoms with E-state index in [9.17, 15) is 22.8 Å². The van der Waals surface area contributed by atoms with Crippen LogP contribution in [0.4, 0.5) is 13.2 Å². The van der Waals surface area contributed by atoms with Crippen LogP contribution in [0.2, 0.25) is 0 Å². The first-order chi connectivity index (χ1) is 9.19. The number of rotatable bonds is 5. The van der Waals surface area contributed by atoms with Crippen LogP contribution in [0.3, 0.4) is 0 Å². The third kappa shape index (κ3) is 5.77. The smallest absolute Gasteiger partial charge is 0.401 e. The predicted molar refractivity (Wildman–Crippen MR) is 65.1 cm³/mol. The second kappa shape index (κ2) is 6.92. The molecule has 20 heavy (non-hydrogen) atoms. The minimum atomic E-state index is -4.26. The summed E-state index contributed by atoms with van der Waals surface area (Å²) in [7, 11) is 1.48. The number of hydrogen-bond donors (Lipinski definition) is 1. The van der Waals surface area contributed by atoms with Crippen molar-refractivity contribution in [3.63, 3.8) is 0 Å². The minimum Gasteiger partial charge on any atom is -0.481 e. The van der Waals surface area contributed by atoms with Crippen LogP contribution in [0.5, 0.6) is 0 Å².